The maximum Gasteiger partial charge on any atom is 0.112 e. The number of hydrogen-bond acceptors (Lipinski definition) is 1. The van der Waals surface area contributed by atoms with E-state index in [1.807, 2.05) is 12.4 Å². The lowest BCUT2D eigenvalue weighted by molar-refractivity contribution is 1.34. The minimum Gasteiger partial charge on any atom is -0.265 e. The summed E-state index contributed by atoms with van der Waals surface area (Å²) in [7, 11) is -1.50. The molecular weight excluding hydrogens is 198 g/mol. The van der Waals surface area contributed by atoms with Crippen LogP contribution in [0.2, 0.25) is 13.1 Å². The van der Waals surface area contributed by atoms with Crippen LogP contribution in [0.3, 0.4) is 0 Å². The highest BCUT2D eigenvalue weighted by Gasteiger charge is 2.25. The fourth-order valence-corrected chi connectivity index (χ4v) is 4.13. The van der Waals surface area contributed by atoms with E-state index >= 15 is 0 Å². The van der Waals surface area contributed by atoms with E-state index < -0.39 is 8.07 Å². The molecule has 0 N–H and O–H groups in total. The predicted molar refractivity (Wildman–Crippen MR) is 67.4 cm³/mol. The zero-order valence-corrected chi connectivity index (χ0v) is 10.1. The smallest absolute Gasteiger partial charge is 0.112 e. The van der Waals surface area contributed by atoms with Crippen LogP contribution >= 0.6 is 0 Å². The van der Waals surface area contributed by atoms with Gasteiger partial charge in [0.05, 0.1) is 0 Å². The Morgan fingerprint density at radius 3 is 1.93 bits per heavy atom. The average Bonchev–Trinajstić information content (AvgIpc) is 2.31. The van der Waals surface area contributed by atoms with Gasteiger partial charge in [-0.3, -0.25) is 4.98 Å². The summed E-state index contributed by atoms with van der Waals surface area (Å²) in [6, 6.07) is 15.0. The molecule has 0 saturated heterocycles. The topological polar surface area (TPSA) is 12.9 Å². The van der Waals surface area contributed by atoms with Crippen LogP contribution in [-0.4, -0.2) is 13.1 Å². The van der Waals surface area contributed by atoms with E-state index in [0.717, 1.165) is 0 Å². The third-order valence-corrected chi connectivity index (χ3v) is 6.45. The van der Waals surface area contributed by atoms with Crippen LogP contribution in [0.25, 0.3) is 0 Å². The van der Waals surface area contributed by atoms with E-state index in [0.29, 0.717) is 0 Å². The molecule has 2 aromatic rings. The van der Waals surface area contributed by atoms with E-state index in [9.17, 15) is 0 Å². The quantitative estimate of drug-likeness (QED) is 0.694. The Morgan fingerprint density at radius 2 is 1.33 bits per heavy atom. The zero-order chi connectivity index (χ0) is 10.7. The molecule has 76 valence electrons. The maximum atomic E-state index is 4.07. The summed E-state index contributed by atoms with van der Waals surface area (Å²) in [6.45, 7) is 4.75. The Kier molecular flexibility index (Phi) is 2.69. The lowest BCUT2D eigenvalue weighted by Crippen LogP contribution is -2.52. The molecule has 15 heavy (non-hydrogen) atoms. The number of hydrogen-bond donors (Lipinski definition) is 0. The summed E-state index contributed by atoms with van der Waals surface area (Å²) < 4.78 is 0. The fourth-order valence-electron chi connectivity index (χ4n) is 1.79. The molecule has 0 spiro atoms. The second-order valence-electron chi connectivity index (χ2n) is 4.23. The second-order valence-corrected chi connectivity index (χ2v) is 8.63. The molecule has 0 amide bonds. The first kappa shape index (κ1) is 10.1. The Labute approximate surface area is 91.8 Å². The summed E-state index contributed by atoms with van der Waals surface area (Å²) in [5, 5.41) is 2.90. The molecule has 1 aromatic heterocycles. The molecule has 0 saturated carbocycles. The van der Waals surface area contributed by atoms with Crippen molar-refractivity contribution in [2.45, 2.75) is 13.1 Å². The van der Waals surface area contributed by atoms with E-state index in [2.05, 4.69) is 60.5 Å². The van der Waals surface area contributed by atoms with Crippen LogP contribution in [-0.2, 0) is 0 Å². The molecule has 0 aliphatic heterocycles. The fraction of sp³-hybridized carbons (Fsp3) is 0.154. The zero-order valence-electron chi connectivity index (χ0n) is 9.14. The highest BCUT2D eigenvalue weighted by Crippen LogP contribution is 2.03. The summed E-state index contributed by atoms with van der Waals surface area (Å²) in [5.74, 6) is 0. The van der Waals surface area contributed by atoms with Crippen molar-refractivity contribution in [3.8, 4) is 0 Å². The van der Waals surface area contributed by atoms with Crippen molar-refractivity contribution in [1.82, 2.24) is 4.98 Å². The molecule has 1 heterocycles. The third kappa shape index (κ3) is 2.00. The van der Waals surface area contributed by atoms with Crippen LogP contribution in [0.4, 0.5) is 0 Å². The minimum atomic E-state index is -1.50. The summed E-state index contributed by atoms with van der Waals surface area (Å²) in [4.78, 5) is 4.07. The monoisotopic (exact) mass is 213 g/mol. The van der Waals surface area contributed by atoms with Crippen molar-refractivity contribution >= 4 is 18.4 Å². The molecule has 1 nitrogen and oxygen atoms in total. The highest BCUT2D eigenvalue weighted by molar-refractivity contribution is 7.00. The van der Waals surface area contributed by atoms with Gasteiger partial charge in [0.25, 0.3) is 0 Å². The normalized spacial score (nSPS) is 11.3. The second kappa shape index (κ2) is 3.99. The molecule has 0 aliphatic carbocycles. The summed E-state index contributed by atoms with van der Waals surface area (Å²) in [6.07, 6.45) is 3.76. The van der Waals surface area contributed by atoms with Gasteiger partial charge in [0.15, 0.2) is 0 Å². The van der Waals surface area contributed by atoms with Crippen LogP contribution < -0.4 is 10.4 Å². The molecule has 2 heteroatoms. The van der Waals surface area contributed by atoms with Gasteiger partial charge in [-0.1, -0.05) is 53.8 Å². The van der Waals surface area contributed by atoms with Crippen molar-refractivity contribution in [3.63, 3.8) is 0 Å². The molecule has 0 atom stereocenters. The van der Waals surface area contributed by atoms with Gasteiger partial charge in [-0.25, -0.2) is 0 Å². The molecule has 2 rings (SSSR count). The largest absolute Gasteiger partial charge is 0.265 e. The Hall–Kier alpha value is -1.41. The van der Waals surface area contributed by atoms with Crippen LogP contribution in [0.1, 0.15) is 0 Å². The molecular formula is C13H15NSi. The number of nitrogens with zero attached hydrogens (tertiary/aromatic N) is 1. The van der Waals surface area contributed by atoms with Gasteiger partial charge in [0.1, 0.15) is 8.07 Å². The van der Waals surface area contributed by atoms with Crippen molar-refractivity contribution in [2.24, 2.45) is 0 Å². The average molecular weight is 213 g/mol. The maximum absolute atomic E-state index is 4.07. The number of benzene rings is 1. The van der Waals surface area contributed by atoms with Gasteiger partial charge in [0.2, 0.25) is 0 Å². The number of rotatable bonds is 2. The summed E-state index contributed by atoms with van der Waals surface area (Å²) >= 11 is 0. The van der Waals surface area contributed by atoms with Crippen molar-refractivity contribution in [3.05, 3.63) is 54.9 Å². The van der Waals surface area contributed by atoms with Crippen molar-refractivity contribution in [1.29, 1.82) is 0 Å². The van der Waals surface area contributed by atoms with Crippen LogP contribution in [0.15, 0.2) is 54.9 Å². The molecule has 0 unspecified atom stereocenters. The van der Waals surface area contributed by atoms with E-state index in [-0.39, 0.29) is 0 Å². The van der Waals surface area contributed by atoms with Gasteiger partial charge >= 0.3 is 0 Å². The van der Waals surface area contributed by atoms with Gasteiger partial charge < -0.3 is 0 Å². The Balaban J connectivity index is 2.44. The molecule has 0 radical (unpaired) electrons. The van der Waals surface area contributed by atoms with Crippen LogP contribution in [0.5, 0.6) is 0 Å². The highest BCUT2D eigenvalue weighted by atomic mass is 28.3. The first-order valence-corrected chi connectivity index (χ1v) is 8.17. The van der Waals surface area contributed by atoms with Gasteiger partial charge in [-0.2, -0.15) is 0 Å². The lowest BCUT2D eigenvalue weighted by Gasteiger charge is -2.23. The third-order valence-electron chi connectivity index (χ3n) is 2.90. The van der Waals surface area contributed by atoms with Crippen LogP contribution in [0, 0.1) is 0 Å². The lowest BCUT2D eigenvalue weighted by atomic mass is 10.4. The molecule has 0 fully saturated rings. The predicted octanol–water partition coefficient (Wildman–Crippen LogP) is 1.90. The van der Waals surface area contributed by atoms with Gasteiger partial charge in [-0.15, -0.1) is 0 Å². The first-order chi connectivity index (χ1) is 7.21. The first-order valence-electron chi connectivity index (χ1n) is 5.17. The minimum absolute atomic E-state index is 1.43. The number of pyridine rings is 1. The standard InChI is InChI=1S/C13H15NSi/c1-15(2,12-6-4-3-5-7-12)13-8-10-14-11-9-13/h3-11H,1-2H3. The summed E-state index contributed by atoms with van der Waals surface area (Å²) in [5.41, 5.74) is 0. The SMILES string of the molecule is C[Si](C)(c1ccccc1)c1ccncc1. The van der Waals surface area contributed by atoms with E-state index in [1.165, 1.54) is 10.4 Å². The Morgan fingerprint density at radius 1 is 0.800 bits per heavy atom. The van der Waals surface area contributed by atoms with E-state index in [1.54, 1.807) is 0 Å². The van der Waals surface area contributed by atoms with E-state index in [4.69, 9.17) is 0 Å². The van der Waals surface area contributed by atoms with Crippen molar-refractivity contribution in [2.75, 3.05) is 0 Å². The molecule has 0 aliphatic rings. The molecule has 0 bridgehead atoms. The van der Waals surface area contributed by atoms with Crippen molar-refractivity contribution < 1.29 is 0 Å². The number of aromatic nitrogens is 1. The Bertz CT molecular complexity index is 381. The molecule has 1 aromatic carbocycles. The van der Waals surface area contributed by atoms with Gasteiger partial charge in [-0.05, 0) is 12.1 Å². The van der Waals surface area contributed by atoms with Gasteiger partial charge in [0, 0.05) is 12.4 Å².